The predicted octanol–water partition coefficient (Wildman–Crippen LogP) is 1.81. The summed E-state index contributed by atoms with van der Waals surface area (Å²) in [6.45, 7) is 1.35. The molecule has 1 aliphatic heterocycles. The molecule has 0 bridgehead atoms. The summed E-state index contributed by atoms with van der Waals surface area (Å²) in [6, 6.07) is 2.92. The number of nitrogens with zero attached hydrogens (tertiary/aromatic N) is 1. The number of nitrogens with two attached hydrogens (primary N) is 1. The van der Waals surface area contributed by atoms with Gasteiger partial charge in [0.2, 0.25) is 0 Å². The van der Waals surface area contributed by atoms with Crippen LogP contribution in [0.15, 0.2) is 12.1 Å². The minimum absolute atomic E-state index is 0.0681. The molecule has 0 aromatic heterocycles. The van der Waals surface area contributed by atoms with E-state index in [1.54, 1.807) is 4.90 Å². The Bertz CT molecular complexity index is 488. The van der Waals surface area contributed by atoms with Crippen LogP contribution in [0.2, 0.25) is 0 Å². The highest BCUT2D eigenvalue weighted by Gasteiger charge is 2.23. The molecule has 0 radical (unpaired) electrons. The topological polar surface area (TPSA) is 49.5 Å². The van der Waals surface area contributed by atoms with Crippen LogP contribution in [-0.2, 0) is 0 Å². The molecule has 3 N–H and O–H groups in total. The average molecular weight is 286 g/mol. The van der Waals surface area contributed by atoms with E-state index in [0.29, 0.717) is 13.1 Å². The molecule has 104 valence electrons. The summed E-state index contributed by atoms with van der Waals surface area (Å²) in [5, 5.41) is 9.06. The molecular weight excluding hydrogens is 270 g/mol. The summed E-state index contributed by atoms with van der Waals surface area (Å²) in [5.41, 5.74) is 5.49. The van der Waals surface area contributed by atoms with Gasteiger partial charge in [-0.3, -0.25) is 0 Å². The predicted molar refractivity (Wildman–Crippen MR) is 74.3 cm³/mol. The molecule has 6 heteroatoms. The molecule has 3 nitrogen and oxygen atoms in total. The van der Waals surface area contributed by atoms with E-state index in [0.717, 1.165) is 12.8 Å². The number of hydrogen-bond acceptors (Lipinski definition) is 3. The highest BCUT2D eigenvalue weighted by atomic mass is 32.1. The van der Waals surface area contributed by atoms with Crippen LogP contribution in [0.25, 0.3) is 0 Å². The van der Waals surface area contributed by atoms with Gasteiger partial charge in [-0.1, -0.05) is 12.2 Å². The summed E-state index contributed by atoms with van der Waals surface area (Å²) < 4.78 is 27.8. The number of halogens is 2. The van der Waals surface area contributed by atoms with E-state index in [1.807, 2.05) is 0 Å². The number of anilines is 1. The maximum Gasteiger partial charge on any atom is 0.182 e. The number of aliphatic hydroxyl groups excluding tert-OH is 1. The fourth-order valence-electron chi connectivity index (χ4n) is 2.33. The monoisotopic (exact) mass is 286 g/mol. The number of thiocarbonyl (C=S) groups is 1. The second-order valence-electron chi connectivity index (χ2n) is 4.74. The van der Waals surface area contributed by atoms with E-state index in [2.05, 4.69) is 12.2 Å². The normalized spacial score (nSPS) is 16.7. The number of piperidine rings is 1. The molecule has 2 rings (SSSR count). The first-order chi connectivity index (χ1) is 9.04. The fraction of sp³-hybridized carbons (Fsp3) is 0.462. The molecule has 0 saturated carbocycles. The fourth-order valence-corrected chi connectivity index (χ4v) is 2.49. The van der Waals surface area contributed by atoms with Crippen molar-refractivity contribution in [3.63, 3.8) is 0 Å². The van der Waals surface area contributed by atoms with Crippen LogP contribution in [0, 0.1) is 17.6 Å². The minimum atomic E-state index is -0.991. The second kappa shape index (κ2) is 5.79. The lowest BCUT2D eigenvalue weighted by Crippen LogP contribution is -2.35. The van der Waals surface area contributed by atoms with Gasteiger partial charge in [-0.2, -0.15) is 0 Å². The van der Waals surface area contributed by atoms with E-state index in [-0.39, 0.29) is 28.8 Å². The molecule has 0 unspecified atom stereocenters. The van der Waals surface area contributed by atoms with Gasteiger partial charge in [-0.25, -0.2) is 8.78 Å². The lowest BCUT2D eigenvalue weighted by atomic mass is 9.97. The van der Waals surface area contributed by atoms with E-state index in [1.165, 1.54) is 12.1 Å². The van der Waals surface area contributed by atoms with Crippen LogP contribution >= 0.6 is 12.2 Å². The molecule has 1 saturated heterocycles. The Balaban J connectivity index is 2.22. The molecule has 1 heterocycles. The Labute approximate surface area is 116 Å². The van der Waals surface area contributed by atoms with Crippen LogP contribution in [0.4, 0.5) is 14.5 Å². The van der Waals surface area contributed by atoms with Crippen LogP contribution in [0.5, 0.6) is 0 Å². The van der Waals surface area contributed by atoms with Crippen molar-refractivity contribution in [1.29, 1.82) is 0 Å². The number of aliphatic hydroxyl groups is 1. The molecule has 1 aromatic rings. The maximum atomic E-state index is 14.0. The van der Waals surface area contributed by atoms with Gasteiger partial charge in [0.25, 0.3) is 0 Å². The highest BCUT2D eigenvalue weighted by molar-refractivity contribution is 7.80. The van der Waals surface area contributed by atoms with Gasteiger partial charge in [0.05, 0.1) is 5.69 Å². The molecular formula is C13H16F2N2OS. The SMILES string of the molecule is NC(=S)c1ccc(N2CCC(CO)CC2)c(F)c1F. The van der Waals surface area contributed by atoms with Crippen LogP contribution in [0.3, 0.4) is 0 Å². The largest absolute Gasteiger partial charge is 0.396 e. The molecule has 19 heavy (non-hydrogen) atoms. The summed E-state index contributed by atoms with van der Waals surface area (Å²) >= 11 is 4.67. The van der Waals surface area contributed by atoms with Crippen molar-refractivity contribution in [1.82, 2.24) is 0 Å². The van der Waals surface area contributed by atoms with Crippen LogP contribution in [0.1, 0.15) is 18.4 Å². The zero-order valence-corrected chi connectivity index (χ0v) is 11.2. The van der Waals surface area contributed by atoms with Gasteiger partial charge in [-0.05, 0) is 30.9 Å². The van der Waals surface area contributed by atoms with Crippen molar-refractivity contribution in [2.45, 2.75) is 12.8 Å². The maximum absolute atomic E-state index is 14.0. The molecule has 0 amide bonds. The van der Waals surface area contributed by atoms with Gasteiger partial charge in [-0.15, -0.1) is 0 Å². The Morgan fingerprint density at radius 3 is 2.47 bits per heavy atom. The molecule has 0 aliphatic carbocycles. The van der Waals surface area contributed by atoms with E-state index in [4.69, 9.17) is 10.8 Å². The van der Waals surface area contributed by atoms with Gasteiger partial charge < -0.3 is 15.7 Å². The smallest absolute Gasteiger partial charge is 0.182 e. The summed E-state index contributed by atoms with van der Waals surface area (Å²) in [7, 11) is 0. The van der Waals surface area contributed by atoms with E-state index in [9.17, 15) is 8.78 Å². The van der Waals surface area contributed by atoms with Crippen molar-refractivity contribution in [2.75, 3.05) is 24.6 Å². The van der Waals surface area contributed by atoms with Crippen molar-refractivity contribution < 1.29 is 13.9 Å². The highest BCUT2D eigenvalue weighted by Crippen LogP contribution is 2.28. The molecule has 0 spiro atoms. The minimum Gasteiger partial charge on any atom is -0.396 e. The number of hydrogen-bond donors (Lipinski definition) is 2. The molecule has 1 aromatic carbocycles. The Kier molecular flexibility index (Phi) is 4.31. The van der Waals surface area contributed by atoms with Crippen molar-refractivity contribution in [3.8, 4) is 0 Å². The van der Waals surface area contributed by atoms with Gasteiger partial charge in [0.15, 0.2) is 11.6 Å². The first-order valence-electron chi connectivity index (χ1n) is 6.18. The standard InChI is InChI=1S/C13H16F2N2OS/c14-11-9(13(16)19)1-2-10(12(11)15)17-5-3-8(7-18)4-6-17/h1-2,8,18H,3-7H2,(H2,16,19). The Morgan fingerprint density at radius 1 is 1.32 bits per heavy atom. The van der Waals surface area contributed by atoms with Crippen molar-refractivity contribution in [2.24, 2.45) is 11.7 Å². The van der Waals surface area contributed by atoms with E-state index >= 15 is 0 Å². The quantitative estimate of drug-likeness (QED) is 0.832. The lowest BCUT2D eigenvalue weighted by Gasteiger charge is -2.33. The van der Waals surface area contributed by atoms with Gasteiger partial charge in [0, 0.05) is 25.3 Å². The van der Waals surface area contributed by atoms with Crippen molar-refractivity contribution >= 4 is 22.9 Å². The molecule has 1 fully saturated rings. The summed E-state index contributed by atoms with van der Waals surface area (Å²) in [6.07, 6.45) is 1.54. The van der Waals surface area contributed by atoms with Crippen molar-refractivity contribution in [3.05, 3.63) is 29.3 Å². The Morgan fingerprint density at radius 2 is 1.95 bits per heavy atom. The zero-order chi connectivity index (χ0) is 14.0. The summed E-state index contributed by atoms with van der Waals surface area (Å²) in [5.74, 6) is -1.65. The third-order valence-corrected chi connectivity index (χ3v) is 3.76. The Hall–Kier alpha value is -1.27. The average Bonchev–Trinajstić information content (AvgIpc) is 2.41. The van der Waals surface area contributed by atoms with Crippen LogP contribution in [-0.4, -0.2) is 29.8 Å². The number of rotatable bonds is 3. The lowest BCUT2D eigenvalue weighted by molar-refractivity contribution is 0.202. The third-order valence-electron chi connectivity index (χ3n) is 3.54. The first kappa shape index (κ1) is 14.1. The zero-order valence-electron chi connectivity index (χ0n) is 10.4. The second-order valence-corrected chi connectivity index (χ2v) is 5.18. The third kappa shape index (κ3) is 2.84. The molecule has 1 aliphatic rings. The van der Waals surface area contributed by atoms with Gasteiger partial charge >= 0.3 is 0 Å². The number of benzene rings is 1. The van der Waals surface area contributed by atoms with E-state index < -0.39 is 11.6 Å². The van der Waals surface area contributed by atoms with Gasteiger partial charge in [0.1, 0.15) is 4.99 Å². The summed E-state index contributed by atoms with van der Waals surface area (Å²) in [4.78, 5) is 1.63. The van der Waals surface area contributed by atoms with Crippen LogP contribution < -0.4 is 10.6 Å². The first-order valence-corrected chi connectivity index (χ1v) is 6.59. The molecule has 0 atom stereocenters.